The fraction of sp³-hybridized carbons (Fsp3) is 1.00. The first-order valence-corrected chi connectivity index (χ1v) is 15.5. The molecule has 0 aromatic heterocycles. The van der Waals surface area contributed by atoms with E-state index in [-0.39, 0.29) is 0 Å². The zero-order valence-electron chi connectivity index (χ0n) is 29.4. The molecule has 0 saturated carbocycles. The molecule has 0 aliphatic carbocycles. The summed E-state index contributed by atoms with van der Waals surface area (Å²) in [5, 5.41) is 19.1. The van der Waals surface area contributed by atoms with Gasteiger partial charge in [0.1, 0.15) is 12.2 Å². The molecule has 0 radical (unpaired) electrons. The fourth-order valence-corrected chi connectivity index (χ4v) is 4.13. The maximum Gasteiger partial charge on any atom is 0.460 e. The lowest BCUT2D eigenvalue weighted by atomic mass is 9.88. The third-order valence-corrected chi connectivity index (χ3v) is 8.15. The first-order valence-electron chi connectivity index (χ1n) is 15.5. The Labute approximate surface area is 329 Å². The van der Waals surface area contributed by atoms with Crippen molar-refractivity contribution in [3.63, 3.8) is 0 Å². The first-order chi connectivity index (χ1) is 27.5. The van der Waals surface area contributed by atoms with Crippen LogP contribution in [0.3, 0.4) is 0 Å². The Morgan fingerprint density at radius 2 is 0.438 bits per heavy atom. The zero-order chi connectivity index (χ0) is 52.2. The summed E-state index contributed by atoms with van der Waals surface area (Å²) in [6.45, 7) is -6.35. The van der Waals surface area contributed by atoms with Crippen LogP contribution < -0.4 is 0 Å². The van der Waals surface area contributed by atoms with Crippen molar-refractivity contribution >= 4 is 0 Å². The van der Waals surface area contributed by atoms with E-state index in [9.17, 15) is 159 Å². The number of rotatable bonds is 25. The highest BCUT2D eigenvalue weighted by molar-refractivity contribution is 5.16. The summed E-state index contributed by atoms with van der Waals surface area (Å²) in [4.78, 5) is 0. The molecule has 0 saturated heterocycles. The normalized spacial score (nSPS) is 17.2. The van der Waals surface area contributed by atoms with Crippen LogP contribution in [0.2, 0.25) is 0 Å². The van der Waals surface area contributed by atoms with E-state index < -0.39 is 160 Å². The summed E-state index contributed by atoms with van der Waals surface area (Å²) in [6.07, 6.45) is -30.9. The van der Waals surface area contributed by atoms with E-state index in [1.54, 1.807) is 0 Å². The monoisotopic (exact) mass is 1040 g/mol. The molecule has 0 aliphatic heterocycles. The third-order valence-electron chi connectivity index (χ3n) is 8.15. The van der Waals surface area contributed by atoms with E-state index in [1.807, 2.05) is 0 Å². The Morgan fingerprint density at radius 1 is 0.266 bits per heavy atom. The van der Waals surface area contributed by atoms with Crippen molar-refractivity contribution in [2.24, 2.45) is 0 Å². The third kappa shape index (κ3) is 9.60. The minimum Gasteiger partial charge on any atom is -0.388 e. The van der Waals surface area contributed by atoms with Crippen LogP contribution in [-0.2, 0) is 9.47 Å². The van der Waals surface area contributed by atoms with E-state index in [2.05, 4.69) is 9.47 Å². The Hall–Kier alpha value is -2.54. The summed E-state index contributed by atoms with van der Waals surface area (Å²) in [7, 11) is 0. The van der Waals surface area contributed by atoms with Gasteiger partial charge in [0, 0.05) is 26.1 Å². The van der Waals surface area contributed by atoms with Crippen LogP contribution in [0.1, 0.15) is 25.7 Å². The van der Waals surface area contributed by atoms with Crippen molar-refractivity contribution < 1.29 is 169 Å². The number of aliphatic hydroxyl groups excluding tert-OH is 2. The number of halogens is 34. The van der Waals surface area contributed by atoms with E-state index in [1.165, 1.54) is 0 Å². The summed E-state index contributed by atoms with van der Waals surface area (Å²) >= 11 is 0. The van der Waals surface area contributed by atoms with Crippen molar-refractivity contribution in [2.45, 2.75) is 133 Å². The van der Waals surface area contributed by atoms with E-state index in [0.717, 1.165) is 0 Å². The molecule has 0 aromatic rings. The second kappa shape index (κ2) is 17.8. The predicted molar refractivity (Wildman–Crippen MR) is 133 cm³/mol. The van der Waals surface area contributed by atoms with Gasteiger partial charge in [0.05, 0.1) is 13.2 Å². The fourth-order valence-electron chi connectivity index (χ4n) is 4.13. The average Bonchev–Trinajstić information content (AvgIpc) is 3.08. The van der Waals surface area contributed by atoms with Crippen molar-refractivity contribution in [2.75, 3.05) is 26.4 Å². The van der Waals surface area contributed by atoms with Crippen molar-refractivity contribution in [1.29, 1.82) is 0 Å². The second-order valence-corrected chi connectivity index (χ2v) is 12.8. The van der Waals surface area contributed by atoms with Gasteiger partial charge in [-0.1, -0.05) is 0 Å². The van der Waals surface area contributed by atoms with Gasteiger partial charge in [-0.2, -0.15) is 149 Å². The van der Waals surface area contributed by atoms with Crippen LogP contribution in [0.15, 0.2) is 0 Å². The molecule has 0 rings (SSSR count). The molecule has 386 valence electrons. The highest BCUT2D eigenvalue weighted by Gasteiger charge is 2.96. The van der Waals surface area contributed by atoms with Crippen molar-refractivity contribution in [3.05, 3.63) is 0 Å². The first kappa shape index (κ1) is 61.5. The van der Waals surface area contributed by atoms with E-state index >= 15 is 0 Å². The van der Waals surface area contributed by atoms with Gasteiger partial charge in [0.15, 0.2) is 0 Å². The summed E-state index contributed by atoms with van der Waals surface area (Å²) in [6, 6.07) is 0. The second-order valence-electron chi connectivity index (χ2n) is 12.8. The van der Waals surface area contributed by atoms with Crippen LogP contribution in [0.5, 0.6) is 0 Å². The molecule has 0 unspecified atom stereocenters. The summed E-state index contributed by atoms with van der Waals surface area (Å²) < 4.78 is 460. The molecule has 0 aromatic carbocycles. The molecule has 0 aliphatic rings. The molecule has 2 N–H and O–H groups in total. The number of ether oxygens (including phenoxy) is 2. The summed E-state index contributed by atoms with van der Waals surface area (Å²) in [5.74, 6) is -117. The van der Waals surface area contributed by atoms with Gasteiger partial charge in [-0.05, 0) is 12.8 Å². The Bertz CT molecular complexity index is 1420. The van der Waals surface area contributed by atoms with Gasteiger partial charge in [-0.25, -0.2) is 0 Å². The van der Waals surface area contributed by atoms with Crippen LogP contribution in [0.25, 0.3) is 0 Å². The number of hydrogen-bond donors (Lipinski definition) is 2. The maximum atomic E-state index is 13.9. The topological polar surface area (TPSA) is 58.9 Å². The van der Waals surface area contributed by atoms with Gasteiger partial charge in [0.2, 0.25) is 0 Å². The standard InChI is InChI=1S/C26H20F34O4/c27-11(28,13(31,32)15(35,36)17(39,40)19(43,44)21(47,48)23(51,52)25(55,56)57)3-1-5-63-7-9(61)10(62)8-64-6-2-4-12(29,30)14(33,34)16(37,38)18(41,42)20(45,46)22(49,50)24(53,54)26(58,59)60/h9-10,61-62H,1-8H2/t9-,10-/m1/s1. The van der Waals surface area contributed by atoms with Gasteiger partial charge < -0.3 is 19.7 Å². The molecule has 0 amide bonds. The SMILES string of the molecule is O[C@H](COCCCC(F)(F)C(F)(F)C(F)(F)C(F)(F)C(F)(F)C(F)(F)C(F)(F)C(F)(F)F)[C@H](O)COCCCC(F)(F)C(F)(F)C(F)(F)C(F)(F)C(F)(F)C(F)(F)C(F)(F)C(F)(F)F. The van der Waals surface area contributed by atoms with Crippen LogP contribution in [0, 0.1) is 0 Å². The quantitative estimate of drug-likeness (QED) is 0.0707. The van der Waals surface area contributed by atoms with Gasteiger partial charge in [0.25, 0.3) is 0 Å². The Kier molecular flexibility index (Phi) is 17.1. The molecule has 38 heteroatoms. The Balaban J connectivity index is 5.54. The highest BCUT2D eigenvalue weighted by atomic mass is 19.4. The molecule has 4 nitrogen and oxygen atoms in total. The molecule has 2 atom stereocenters. The lowest BCUT2D eigenvalue weighted by Crippen LogP contribution is -2.74. The van der Waals surface area contributed by atoms with Crippen molar-refractivity contribution in [1.82, 2.24) is 0 Å². The van der Waals surface area contributed by atoms with E-state index in [4.69, 9.17) is 0 Å². The maximum absolute atomic E-state index is 13.9. The predicted octanol–water partition coefficient (Wildman–Crippen LogP) is 11.3. The molecule has 0 spiro atoms. The molecular formula is C26H20F34O4. The lowest BCUT2D eigenvalue weighted by molar-refractivity contribution is -0.461. The summed E-state index contributed by atoms with van der Waals surface area (Å²) in [5.41, 5.74) is 0. The average molecular weight is 1040 g/mol. The number of alkyl halides is 34. The van der Waals surface area contributed by atoms with Crippen molar-refractivity contribution in [3.8, 4) is 0 Å². The van der Waals surface area contributed by atoms with Gasteiger partial charge in [-0.15, -0.1) is 0 Å². The zero-order valence-corrected chi connectivity index (χ0v) is 29.4. The Morgan fingerprint density at radius 3 is 0.625 bits per heavy atom. The number of hydrogen-bond acceptors (Lipinski definition) is 4. The van der Waals surface area contributed by atoms with E-state index in [0.29, 0.717) is 0 Å². The smallest absolute Gasteiger partial charge is 0.388 e. The van der Waals surface area contributed by atoms with Gasteiger partial charge >= 0.3 is 95.3 Å². The van der Waals surface area contributed by atoms with Gasteiger partial charge in [-0.3, -0.25) is 0 Å². The highest BCUT2D eigenvalue weighted by Crippen LogP contribution is 2.66. The molecule has 0 heterocycles. The largest absolute Gasteiger partial charge is 0.460 e. The molecule has 0 fully saturated rings. The minimum atomic E-state index is -8.89. The lowest BCUT2D eigenvalue weighted by Gasteiger charge is -2.42. The van der Waals surface area contributed by atoms with Crippen LogP contribution in [0.4, 0.5) is 149 Å². The molecule has 0 bridgehead atoms. The molecular weight excluding hydrogens is 1020 g/mol. The van der Waals surface area contributed by atoms with Crippen LogP contribution >= 0.6 is 0 Å². The van der Waals surface area contributed by atoms with Crippen LogP contribution in [-0.4, -0.2) is 144 Å². The molecule has 64 heavy (non-hydrogen) atoms. The minimum absolute atomic E-state index is 1.54. The number of aliphatic hydroxyl groups is 2.